The Kier molecular flexibility index (Phi) is 8.67. The minimum atomic E-state index is -0.316. The molecule has 1 saturated carbocycles. The van der Waals surface area contributed by atoms with E-state index >= 15 is 0 Å². The zero-order chi connectivity index (χ0) is 20.0. The van der Waals surface area contributed by atoms with Crippen molar-refractivity contribution in [3.05, 3.63) is 42.1 Å². The van der Waals surface area contributed by atoms with Gasteiger partial charge in [0.2, 0.25) is 5.91 Å². The second kappa shape index (κ2) is 10.8. The van der Waals surface area contributed by atoms with Crippen molar-refractivity contribution >= 4 is 46.7 Å². The highest BCUT2D eigenvalue weighted by Gasteiger charge is 2.42. The second-order valence-corrected chi connectivity index (χ2v) is 7.72. The van der Waals surface area contributed by atoms with Crippen LogP contribution in [0.1, 0.15) is 38.2 Å². The molecule has 158 valence electrons. The van der Waals surface area contributed by atoms with E-state index in [9.17, 15) is 4.79 Å². The molecule has 29 heavy (non-hydrogen) atoms. The lowest BCUT2D eigenvalue weighted by molar-refractivity contribution is -0.138. The van der Waals surface area contributed by atoms with E-state index in [-0.39, 0.29) is 35.3 Å². The van der Waals surface area contributed by atoms with Gasteiger partial charge in [0.15, 0.2) is 5.96 Å². The molecule has 0 atom stereocenters. The van der Waals surface area contributed by atoms with Crippen LogP contribution in [0.15, 0.2) is 41.5 Å². The van der Waals surface area contributed by atoms with Crippen molar-refractivity contribution in [2.24, 2.45) is 10.4 Å². The van der Waals surface area contributed by atoms with Crippen LogP contribution in [0.25, 0.3) is 10.9 Å². The smallest absolute Gasteiger partial charge is 0.230 e. The van der Waals surface area contributed by atoms with E-state index < -0.39 is 0 Å². The number of pyridine rings is 1. The number of carbonyl (C=O) groups excluding carboxylic acids is 1. The van der Waals surface area contributed by atoms with Gasteiger partial charge < -0.3 is 15.5 Å². The van der Waals surface area contributed by atoms with Crippen LogP contribution in [0.5, 0.6) is 0 Å². The molecular weight excluding hydrogens is 477 g/mol. The summed E-state index contributed by atoms with van der Waals surface area (Å²) in [5.41, 5.74) is 1.81. The molecule has 1 aliphatic carbocycles. The number of hydrogen-bond donors (Lipinski definition) is 2. The minimum absolute atomic E-state index is 0. The SMILES string of the molecule is CCNC(=NCc1ccnc2ccccc12)NCC1(C(=O)N(C)C)CCCC1.I. The third-order valence-electron chi connectivity index (χ3n) is 5.51. The Morgan fingerprint density at radius 1 is 1.17 bits per heavy atom. The summed E-state index contributed by atoms with van der Waals surface area (Å²) in [6.07, 6.45) is 5.92. The zero-order valence-corrected chi connectivity index (χ0v) is 19.9. The molecule has 0 spiro atoms. The molecule has 1 heterocycles. The van der Waals surface area contributed by atoms with Gasteiger partial charge in [-0.15, -0.1) is 24.0 Å². The van der Waals surface area contributed by atoms with Crippen LogP contribution < -0.4 is 10.6 Å². The molecule has 1 amide bonds. The Hall–Kier alpha value is -1.90. The van der Waals surface area contributed by atoms with E-state index in [1.807, 2.05) is 44.6 Å². The fourth-order valence-corrected chi connectivity index (χ4v) is 4.04. The molecular formula is C22H32IN5O. The van der Waals surface area contributed by atoms with Crippen LogP contribution in [0.3, 0.4) is 0 Å². The topological polar surface area (TPSA) is 69.6 Å². The fourth-order valence-electron chi connectivity index (χ4n) is 4.04. The lowest BCUT2D eigenvalue weighted by Gasteiger charge is -2.31. The van der Waals surface area contributed by atoms with Crippen molar-refractivity contribution in [3.8, 4) is 0 Å². The normalized spacial score (nSPS) is 15.6. The standard InChI is InChI=1S/C22H31N5O.HI/c1-4-23-21(26-16-22(12-7-8-13-22)20(28)27(2)3)25-15-17-11-14-24-19-10-6-5-9-18(17)19;/h5-6,9-11,14H,4,7-8,12-13,15-16H2,1-3H3,(H2,23,25,26);1H. The maximum absolute atomic E-state index is 12.8. The number of nitrogens with zero attached hydrogens (tertiary/aromatic N) is 3. The van der Waals surface area contributed by atoms with Gasteiger partial charge in [-0.2, -0.15) is 0 Å². The van der Waals surface area contributed by atoms with Gasteiger partial charge in [0, 0.05) is 38.8 Å². The molecule has 0 bridgehead atoms. The molecule has 2 N–H and O–H groups in total. The summed E-state index contributed by atoms with van der Waals surface area (Å²) in [4.78, 5) is 23.7. The number of amides is 1. The van der Waals surface area contributed by atoms with Crippen LogP contribution in [0.4, 0.5) is 0 Å². The Balaban J connectivity index is 0.00000300. The average molecular weight is 509 g/mol. The maximum atomic E-state index is 12.8. The Bertz CT molecular complexity index is 841. The summed E-state index contributed by atoms with van der Waals surface area (Å²) in [6, 6.07) is 10.1. The number of rotatable bonds is 6. The second-order valence-electron chi connectivity index (χ2n) is 7.72. The number of fused-ring (bicyclic) bond motifs is 1. The van der Waals surface area contributed by atoms with Gasteiger partial charge in [0.05, 0.1) is 17.5 Å². The molecule has 0 saturated heterocycles. The predicted octanol–water partition coefficient (Wildman–Crippen LogP) is 3.56. The van der Waals surface area contributed by atoms with Crippen LogP contribution in [-0.4, -0.2) is 48.9 Å². The van der Waals surface area contributed by atoms with E-state index in [4.69, 9.17) is 4.99 Å². The first-order valence-electron chi connectivity index (χ1n) is 10.1. The van der Waals surface area contributed by atoms with Crippen LogP contribution in [0, 0.1) is 5.41 Å². The van der Waals surface area contributed by atoms with E-state index in [0.717, 1.165) is 54.7 Å². The third-order valence-corrected chi connectivity index (χ3v) is 5.51. The molecule has 2 aromatic rings. The molecule has 1 fully saturated rings. The van der Waals surface area contributed by atoms with E-state index in [1.165, 1.54) is 0 Å². The summed E-state index contributed by atoms with van der Waals surface area (Å²) >= 11 is 0. The first kappa shape index (κ1) is 23.4. The predicted molar refractivity (Wildman–Crippen MR) is 130 cm³/mol. The molecule has 3 rings (SSSR count). The molecule has 0 unspecified atom stereocenters. The number of aliphatic imine (C=N–C) groups is 1. The van der Waals surface area contributed by atoms with Gasteiger partial charge >= 0.3 is 0 Å². The molecule has 7 heteroatoms. The van der Waals surface area contributed by atoms with Crippen molar-refractivity contribution in [2.45, 2.75) is 39.2 Å². The van der Waals surface area contributed by atoms with Gasteiger partial charge in [-0.1, -0.05) is 31.0 Å². The van der Waals surface area contributed by atoms with Crippen molar-refractivity contribution in [1.29, 1.82) is 0 Å². The Labute approximate surface area is 190 Å². The summed E-state index contributed by atoms with van der Waals surface area (Å²) in [6.45, 7) is 4.01. The van der Waals surface area contributed by atoms with E-state index in [0.29, 0.717) is 13.1 Å². The lowest BCUT2D eigenvalue weighted by Crippen LogP contribution is -2.49. The number of aromatic nitrogens is 1. The number of hydrogen-bond acceptors (Lipinski definition) is 3. The Morgan fingerprint density at radius 2 is 1.90 bits per heavy atom. The van der Waals surface area contributed by atoms with Crippen LogP contribution in [0.2, 0.25) is 0 Å². The number of guanidine groups is 1. The molecule has 1 aromatic carbocycles. The molecule has 1 aromatic heterocycles. The van der Waals surface area contributed by atoms with Gasteiger partial charge in [0.1, 0.15) is 0 Å². The Morgan fingerprint density at radius 3 is 2.59 bits per heavy atom. The molecule has 1 aliphatic rings. The molecule has 6 nitrogen and oxygen atoms in total. The highest BCUT2D eigenvalue weighted by atomic mass is 127. The van der Waals surface area contributed by atoms with Crippen molar-refractivity contribution in [2.75, 3.05) is 27.2 Å². The highest BCUT2D eigenvalue weighted by Crippen LogP contribution is 2.38. The summed E-state index contributed by atoms with van der Waals surface area (Å²) in [5.74, 6) is 0.967. The molecule has 0 aliphatic heterocycles. The number of benzene rings is 1. The van der Waals surface area contributed by atoms with Crippen LogP contribution >= 0.6 is 24.0 Å². The first-order valence-corrected chi connectivity index (χ1v) is 10.1. The summed E-state index contributed by atoms with van der Waals surface area (Å²) in [5, 5.41) is 7.87. The summed E-state index contributed by atoms with van der Waals surface area (Å²) < 4.78 is 0. The van der Waals surface area contributed by atoms with Gasteiger partial charge in [-0.05, 0) is 37.5 Å². The number of carbonyl (C=O) groups is 1. The van der Waals surface area contributed by atoms with Crippen molar-refractivity contribution in [3.63, 3.8) is 0 Å². The van der Waals surface area contributed by atoms with Gasteiger partial charge in [-0.3, -0.25) is 9.78 Å². The van der Waals surface area contributed by atoms with E-state index in [2.05, 4.69) is 28.6 Å². The maximum Gasteiger partial charge on any atom is 0.230 e. The van der Waals surface area contributed by atoms with Gasteiger partial charge in [-0.25, -0.2) is 4.99 Å². The summed E-state index contributed by atoms with van der Waals surface area (Å²) in [7, 11) is 3.69. The van der Waals surface area contributed by atoms with Crippen LogP contribution in [-0.2, 0) is 11.3 Å². The van der Waals surface area contributed by atoms with E-state index in [1.54, 1.807) is 4.90 Å². The average Bonchev–Trinajstić information content (AvgIpc) is 3.19. The fraction of sp³-hybridized carbons (Fsp3) is 0.500. The first-order chi connectivity index (χ1) is 13.6. The third kappa shape index (κ3) is 5.58. The quantitative estimate of drug-likeness (QED) is 0.355. The zero-order valence-electron chi connectivity index (χ0n) is 17.6. The monoisotopic (exact) mass is 509 g/mol. The lowest BCUT2D eigenvalue weighted by atomic mass is 9.84. The number of nitrogens with one attached hydrogen (secondary N) is 2. The van der Waals surface area contributed by atoms with Crippen molar-refractivity contribution in [1.82, 2.24) is 20.5 Å². The largest absolute Gasteiger partial charge is 0.357 e. The van der Waals surface area contributed by atoms with Gasteiger partial charge in [0.25, 0.3) is 0 Å². The number of halogens is 1. The van der Waals surface area contributed by atoms with Crippen molar-refractivity contribution < 1.29 is 4.79 Å². The number of para-hydroxylation sites is 1. The highest BCUT2D eigenvalue weighted by molar-refractivity contribution is 14.0. The minimum Gasteiger partial charge on any atom is -0.357 e. The molecule has 0 radical (unpaired) electrons.